The fourth-order valence-electron chi connectivity index (χ4n) is 4.03. The lowest BCUT2D eigenvalue weighted by Crippen LogP contribution is -2.12. The van der Waals surface area contributed by atoms with E-state index in [2.05, 4.69) is 5.32 Å². The van der Waals surface area contributed by atoms with Crippen molar-refractivity contribution in [3.05, 3.63) is 120 Å². The largest absolute Gasteiger partial charge is 0.497 e. The maximum atomic E-state index is 13.5. The van der Waals surface area contributed by atoms with Gasteiger partial charge in [0.15, 0.2) is 5.78 Å². The van der Waals surface area contributed by atoms with Gasteiger partial charge < -0.3 is 14.5 Å². The normalized spacial score (nSPS) is 17.0. The molecule has 1 aromatic heterocycles. The molecule has 4 aromatic rings. The Kier molecular flexibility index (Phi) is 5.34. The van der Waals surface area contributed by atoms with E-state index in [1.54, 1.807) is 7.11 Å². The highest BCUT2D eigenvalue weighted by molar-refractivity contribution is 6.18. The summed E-state index contributed by atoms with van der Waals surface area (Å²) in [4.78, 5) is 13.5. The smallest absolute Gasteiger partial charge is 0.179 e. The quantitative estimate of drug-likeness (QED) is 0.396. The van der Waals surface area contributed by atoms with Crippen LogP contribution in [0.2, 0.25) is 0 Å². The van der Waals surface area contributed by atoms with Crippen molar-refractivity contribution in [3.8, 4) is 5.75 Å². The van der Waals surface area contributed by atoms with Crippen molar-refractivity contribution < 1.29 is 13.9 Å². The molecule has 0 aliphatic heterocycles. The van der Waals surface area contributed by atoms with Crippen molar-refractivity contribution in [2.24, 2.45) is 0 Å². The van der Waals surface area contributed by atoms with E-state index >= 15 is 0 Å². The lowest BCUT2D eigenvalue weighted by molar-refractivity contribution is -0.115. The number of furan rings is 1. The number of fused-ring (bicyclic) bond motifs is 1. The number of ether oxygens (including phenoxy) is 1. The van der Waals surface area contributed by atoms with Crippen LogP contribution < -0.4 is 10.1 Å². The molecule has 1 N–H and O–H groups in total. The molecular weight excluding hydrogens is 398 g/mol. The SMILES string of the molecule is COc1ccc(CN/C=C2\C(=O)C(c3cc4ccccc4o3)C=C2c2ccccc2)cc1. The Morgan fingerprint density at radius 2 is 1.72 bits per heavy atom. The van der Waals surface area contributed by atoms with Crippen molar-refractivity contribution in [1.29, 1.82) is 0 Å². The average molecular weight is 421 g/mol. The molecule has 158 valence electrons. The minimum atomic E-state index is -0.438. The zero-order valence-electron chi connectivity index (χ0n) is 17.7. The number of methoxy groups -OCH3 is 1. The zero-order valence-corrected chi connectivity index (χ0v) is 17.7. The van der Waals surface area contributed by atoms with Crippen LogP contribution in [0.1, 0.15) is 22.8 Å². The number of rotatable bonds is 6. The number of benzene rings is 3. The number of hydrogen-bond donors (Lipinski definition) is 1. The second-order valence-electron chi connectivity index (χ2n) is 7.76. The number of carbonyl (C=O) groups is 1. The van der Waals surface area contributed by atoms with Gasteiger partial charge in [-0.15, -0.1) is 0 Å². The van der Waals surface area contributed by atoms with Gasteiger partial charge in [-0.2, -0.15) is 0 Å². The van der Waals surface area contributed by atoms with Gasteiger partial charge >= 0.3 is 0 Å². The summed E-state index contributed by atoms with van der Waals surface area (Å²) in [5.74, 6) is 1.08. The molecule has 3 aromatic carbocycles. The van der Waals surface area contributed by atoms with E-state index in [0.29, 0.717) is 17.9 Å². The molecule has 4 nitrogen and oxygen atoms in total. The van der Waals surface area contributed by atoms with E-state index in [9.17, 15) is 4.79 Å². The summed E-state index contributed by atoms with van der Waals surface area (Å²) >= 11 is 0. The molecule has 0 saturated carbocycles. The van der Waals surface area contributed by atoms with Gasteiger partial charge in [0.1, 0.15) is 17.1 Å². The van der Waals surface area contributed by atoms with Crippen molar-refractivity contribution >= 4 is 22.3 Å². The van der Waals surface area contributed by atoms with Gasteiger partial charge in [0.2, 0.25) is 0 Å². The van der Waals surface area contributed by atoms with Crippen molar-refractivity contribution in [2.75, 3.05) is 7.11 Å². The topological polar surface area (TPSA) is 51.5 Å². The van der Waals surface area contributed by atoms with E-state index in [0.717, 1.165) is 33.4 Å². The number of allylic oxidation sites excluding steroid dienone is 3. The first kappa shape index (κ1) is 19.9. The number of carbonyl (C=O) groups excluding carboxylic acids is 1. The van der Waals surface area contributed by atoms with Crippen molar-refractivity contribution in [3.63, 3.8) is 0 Å². The number of ketones is 1. The summed E-state index contributed by atoms with van der Waals surface area (Å²) < 4.78 is 11.2. The molecule has 32 heavy (non-hydrogen) atoms. The Hall–Kier alpha value is -4.05. The number of Topliss-reactive ketones (excluding diaryl/α,β-unsaturated/α-hetero) is 1. The van der Waals surface area contributed by atoms with Crippen LogP contribution in [0.5, 0.6) is 5.75 Å². The summed E-state index contributed by atoms with van der Waals surface area (Å²) in [6.45, 7) is 0.609. The molecule has 1 unspecified atom stereocenters. The first-order valence-corrected chi connectivity index (χ1v) is 10.6. The summed E-state index contributed by atoms with van der Waals surface area (Å²) in [7, 11) is 1.65. The average Bonchev–Trinajstić information content (AvgIpc) is 3.41. The van der Waals surface area contributed by atoms with E-state index in [-0.39, 0.29) is 5.78 Å². The fourth-order valence-corrected chi connectivity index (χ4v) is 4.03. The summed E-state index contributed by atoms with van der Waals surface area (Å²) in [6.07, 6.45) is 3.84. The Morgan fingerprint density at radius 1 is 0.969 bits per heavy atom. The Labute approximate surface area is 186 Å². The molecule has 0 bridgehead atoms. The van der Waals surface area contributed by atoms with Crippen LogP contribution in [0, 0.1) is 0 Å². The molecular formula is C28H23NO3. The van der Waals surface area contributed by atoms with Gasteiger partial charge in [-0.1, -0.05) is 66.7 Å². The van der Waals surface area contributed by atoms with Crippen LogP contribution in [0.25, 0.3) is 16.5 Å². The Morgan fingerprint density at radius 3 is 2.47 bits per heavy atom. The van der Waals surface area contributed by atoms with Crippen LogP contribution in [0.3, 0.4) is 0 Å². The van der Waals surface area contributed by atoms with Gasteiger partial charge in [-0.25, -0.2) is 0 Å². The van der Waals surface area contributed by atoms with Crippen LogP contribution in [-0.4, -0.2) is 12.9 Å². The number of hydrogen-bond acceptors (Lipinski definition) is 4. The van der Waals surface area contributed by atoms with E-state index < -0.39 is 5.92 Å². The third-order valence-corrected chi connectivity index (χ3v) is 5.72. The molecule has 5 rings (SSSR count). The van der Waals surface area contributed by atoms with Gasteiger partial charge in [0.25, 0.3) is 0 Å². The van der Waals surface area contributed by atoms with Gasteiger partial charge in [0.05, 0.1) is 13.0 Å². The lowest BCUT2D eigenvalue weighted by atomic mass is 10.00. The minimum Gasteiger partial charge on any atom is -0.497 e. The van der Waals surface area contributed by atoms with Gasteiger partial charge in [-0.05, 0) is 41.0 Å². The second kappa shape index (κ2) is 8.60. The first-order chi connectivity index (χ1) is 15.7. The van der Waals surface area contributed by atoms with Crippen LogP contribution in [-0.2, 0) is 11.3 Å². The molecule has 0 saturated heterocycles. The zero-order chi connectivity index (χ0) is 21.9. The summed E-state index contributed by atoms with van der Waals surface area (Å²) in [6, 6.07) is 27.7. The molecule has 0 radical (unpaired) electrons. The van der Waals surface area contributed by atoms with Crippen molar-refractivity contribution in [2.45, 2.75) is 12.5 Å². The lowest BCUT2D eigenvalue weighted by Gasteiger charge is -2.08. The number of para-hydroxylation sites is 1. The molecule has 0 fully saturated rings. The highest BCUT2D eigenvalue weighted by Gasteiger charge is 2.34. The van der Waals surface area contributed by atoms with Gasteiger partial charge in [-0.3, -0.25) is 4.79 Å². The molecule has 0 amide bonds. The Balaban J connectivity index is 1.45. The molecule has 4 heteroatoms. The predicted molar refractivity (Wildman–Crippen MR) is 126 cm³/mol. The highest BCUT2D eigenvalue weighted by atomic mass is 16.5. The summed E-state index contributed by atoms with van der Waals surface area (Å²) in [5.41, 5.74) is 4.49. The number of nitrogens with one attached hydrogen (secondary N) is 1. The molecule has 0 spiro atoms. The monoisotopic (exact) mass is 421 g/mol. The van der Waals surface area contributed by atoms with Gasteiger partial charge in [0, 0.05) is 23.7 Å². The second-order valence-corrected chi connectivity index (χ2v) is 7.76. The highest BCUT2D eigenvalue weighted by Crippen LogP contribution is 2.40. The Bertz CT molecular complexity index is 1280. The van der Waals surface area contributed by atoms with Crippen LogP contribution >= 0.6 is 0 Å². The molecule has 1 heterocycles. The van der Waals surface area contributed by atoms with Crippen LogP contribution in [0.15, 0.2) is 107 Å². The van der Waals surface area contributed by atoms with Crippen LogP contribution in [0.4, 0.5) is 0 Å². The molecule has 1 aliphatic carbocycles. The van der Waals surface area contributed by atoms with E-state index in [1.807, 2.05) is 97.2 Å². The first-order valence-electron chi connectivity index (χ1n) is 10.6. The van der Waals surface area contributed by atoms with Crippen molar-refractivity contribution in [1.82, 2.24) is 5.32 Å². The van der Waals surface area contributed by atoms with E-state index in [4.69, 9.17) is 9.15 Å². The molecule has 1 aliphatic rings. The van der Waals surface area contributed by atoms with E-state index in [1.165, 1.54) is 0 Å². The standard InChI is InChI=1S/C28H23NO3/c1-31-22-13-11-19(12-14-22)17-29-18-25-23(20-7-3-2-4-8-20)16-24(28(25)30)27-15-21-9-5-6-10-26(21)32-27/h2-16,18,24,29H,17H2,1H3/b25-18-. The maximum Gasteiger partial charge on any atom is 0.179 e. The third-order valence-electron chi connectivity index (χ3n) is 5.72. The third kappa shape index (κ3) is 3.83. The maximum absolute atomic E-state index is 13.5. The fraction of sp³-hybridized carbons (Fsp3) is 0.107. The molecule has 1 atom stereocenters. The minimum absolute atomic E-state index is 0.0325. The summed E-state index contributed by atoms with van der Waals surface area (Å²) in [5, 5.41) is 4.31. The predicted octanol–water partition coefficient (Wildman–Crippen LogP) is 5.87.